The summed E-state index contributed by atoms with van der Waals surface area (Å²) in [6.45, 7) is 1.36. The fraction of sp³-hybridized carbons (Fsp3) is 0.429. The zero-order valence-corrected chi connectivity index (χ0v) is 12.3. The topological polar surface area (TPSA) is 80.4 Å². The summed E-state index contributed by atoms with van der Waals surface area (Å²) in [5.74, 6) is 2.99. The van der Waals surface area contributed by atoms with Crippen LogP contribution in [0.4, 0.5) is 5.69 Å². The van der Waals surface area contributed by atoms with Crippen molar-refractivity contribution in [3.05, 3.63) is 30.1 Å². The second-order valence-electron chi connectivity index (χ2n) is 4.62. The molecule has 2 heterocycles. The van der Waals surface area contributed by atoms with Gasteiger partial charge in [0, 0.05) is 29.3 Å². The number of anilines is 1. The molecule has 2 N–H and O–H groups in total. The van der Waals surface area contributed by atoms with Crippen molar-refractivity contribution in [1.29, 1.82) is 0 Å². The Hall–Kier alpha value is -1.57. The third-order valence-electron chi connectivity index (χ3n) is 3.12. The Morgan fingerprint density at radius 2 is 2.19 bits per heavy atom. The van der Waals surface area contributed by atoms with E-state index in [2.05, 4.69) is 15.5 Å². The van der Waals surface area contributed by atoms with E-state index in [1.54, 1.807) is 0 Å². The predicted molar refractivity (Wildman–Crippen MR) is 81.3 cm³/mol. The molecule has 112 valence electrons. The predicted octanol–water partition coefficient (Wildman–Crippen LogP) is 1.95. The molecule has 2 aromatic rings. The molecule has 1 atom stereocenters. The van der Waals surface area contributed by atoms with Gasteiger partial charge in [-0.15, -0.1) is 0 Å². The van der Waals surface area contributed by atoms with Crippen LogP contribution >= 0.6 is 11.8 Å². The van der Waals surface area contributed by atoms with Crippen LogP contribution in [0.2, 0.25) is 0 Å². The van der Waals surface area contributed by atoms with Crippen LogP contribution in [0.3, 0.4) is 0 Å². The molecule has 1 aliphatic heterocycles. The van der Waals surface area contributed by atoms with Gasteiger partial charge in [0.05, 0.1) is 13.2 Å². The molecule has 0 aliphatic carbocycles. The summed E-state index contributed by atoms with van der Waals surface area (Å²) in [4.78, 5) is 4.42. The van der Waals surface area contributed by atoms with Crippen LogP contribution in [0.5, 0.6) is 0 Å². The van der Waals surface area contributed by atoms with Gasteiger partial charge in [-0.3, -0.25) is 0 Å². The number of thioether (sulfide) groups is 1. The van der Waals surface area contributed by atoms with E-state index in [0.29, 0.717) is 18.3 Å². The number of hydrogen-bond acceptors (Lipinski definition) is 7. The minimum absolute atomic E-state index is 0.0771. The maximum absolute atomic E-state index is 8.78. The molecule has 6 nitrogen and oxygen atoms in total. The number of aromatic nitrogens is 2. The Kier molecular flexibility index (Phi) is 4.74. The van der Waals surface area contributed by atoms with Crippen LogP contribution < -0.4 is 5.32 Å². The van der Waals surface area contributed by atoms with E-state index in [9.17, 15) is 0 Å². The molecule has 3 rings (SSSR count). The molecule has 1 fully saturated rings. The van der Waals surface area contributed by atoms with Crippen LogP contribution in [0.25, 0.3) is 11.5 Å². The van der Waals surface area contributed by atoms with Crippen molar-refractivity contribution >= 4 is 17.4 Å². The van der Waals surface area contributed by atoms with Crippen molar-refractivity contribution in [3.63, 3.8) is 0 Å². The molecule has 0 saturated carbocycles. The summed E-state index contributed by atoms with van der Waals surface area (Å²) in [5.41, 5.74) is 1.81. The molecule has 0 amide bonds. The maximum Gasteiger partial charge on any atom is 0.258 e. The Morgan fingerprint density at radius 3 is 2.90 bits per heavy atom. The van der Waals surface area contributed by atoms with E-state index < -0.39 is 0 Å². The van der Waals surface area contributed by atoms with Crippen molar-refractivity contribution in [2.75, 3.05) is 36.6 Å². The first-order chi connectivity index (χ1) is 10.4. The number of nitrogens with zero attached hydrogens (tertiary/aromatic N) is 2. The van der Waals surface area contributed by atoms with Gasteiger partial charge in [-0.05, 0) is 24.3 Å². The van der Waals surface area contributed by atoms with Gasteiger partial charge in [0.15, 0.2) is 0 Å². The molecule has 1 aliphatic rings. The summed E-state index contributed by atoms with van der Waals surface area (Å²) < 4.78 is 11.0. The lowest BCUT2D eigenvalue weighted by atomic mass is 10.2. The fourth-order valence-corrected chi connectivity index (χ4v) is 2.89. The quantitative estimate of drug-likeness (QED) is 0.873. The monoisotopic (exact) mass is 307 g/mol. The highest BCUT2D eigenvalue weighted by atomic mass is 32.2. The first-order valence-corrected chi connectivity index (χ1v) is 8.00. The molecule has 21 heavy (non-hydrogen) atoms. The first-order valence-electron chi connectivity index (χ1n) is 6.85. The highest BCUT2D eigenvalue weighted by Gasteiger charge is 2.22. The zero-order chi connectivity index (χ0) is 14.5. The van der Waals surface area contributed by atoms with Gasteiger partial charge in [0.25, 0.3) is 5.89 Å². The van der Waals surface area contributed by atoms with E-state index in [-0.39, 0.29) is 12.7 Å². The molecule has 0 bridgehead atoms. The Labute approximate surface area is 126 Å². The lowest BCUT2D eigenvalue weighted by Crippen LogP contribution is -2.16. The molecule has 1 saturated heterocycles. The molecular formula is C14H17N3O3S. The number of ether oxygens (including phenoxy) is 1. The van der Waals surface area contributed by atoms with Gasteiger partial charge >= 0.3 is 0 Å². The fourth-order valence-electron chi connectivity index (χ4n) is 2.05. The number of aliphatic hydroxyl groups is 1. The number of nitrogens with one attached hydrogen (secondary N) is 1. The van der Waals surface area contributed by atoms with E-state index in [1.165, 1.54) is 0 Å². The minimum atomic E-state index is -0.0771. The summed E-state index contributed by atoms with van der Waals surface area (Å²) >= 11 is 1.84. The number of benzene rings is 1. The van der Waals surface area contributed by atoms with Crippen molar-refractivity contribution in [3.8, 4) is 11.5 Å². The number of rotatable bonds is 5. The van der Waals surface area contributed by atoms with E-state index in [0.717, 1.165) is 29.4 Å². The molecule has 0 spiro atoms. The van der Waals surface area contributed by atoms with Crippen LogP contribution in [0.1, 0.15) is 11.9 Å². The van der Waals surface area contributed by atoms with Gasteiger partial charge in [-0.2, -0.15) is 16.7 Å². The Morgan fingerprint density at radius 1 is 1.33 bits per heavy atom. The summed E-state index contributed by atoms with van der Waals surface area (Å²) in [7, 11) is 0. The molecule has 7 heteroatoms. The SMILES string of the molecule is OCCNc1ccc(-c2nc(C3CSCCO3)no2)cc1. The van der Waals surface area contributed by atoms with Crippen LogP contribution in [-0.2, 0) is 4.74 Å². The second-order valence-corrected chi connectivity index (χ2v) is 5.77. The van der Waals surface area contributed by atoms with Crippen LogP contribution in [0, 0.1) is 0 Å². The molecule has 1 aromatic carbocycles. The second kappa shape index (κ2) is 6.93. The van der Waals surface area contributed by atoms with Gasteiger partial charge in [0.1, 0.15) is 6.10 Å². The van der Waals surface area contributed by atoms with Crippen LogP contribution in [0.15, 0.2) is 28.8 Å². The zero-order valence-electron chi connectivity index (χ0n) is 11.5. The smallest absolute Gasteiger partial charge is 0.258 e. The van der Waals surface area contributed by atoms with Gasteiger partial charge < -0.3 is 19.7 Å². The Bertz CT molecular complexity index is 567. The number of hydrogen-bond donors (Lipinski definition) is 2. The third-order valence-corrected chi connectivity index (χ3v) is 4.11. The van der Waals surface area contributed by atoms with Gasteiger partial charge in [0.2, 0.25) is 5.82 Å². The molecule has 1 aromatic heterocycles. The average Bonchev–Trinajstić information content (AvgIpc) is 3.04. The number of aliphatic hydroxyl groups excluding tert-OH is 1. The minimum Gasteiger partial charge on any atom is -0.395 e. The van der Waals surface area contributed by atoms with Crippen molar-refractivity contribution in [2.24, 2.45) is 0 Å². The van der Waals surface area contributed by atoms with E-state index in [4.69, 9.17) is 14.4 Å². The molecular weight excluding hydrogens is 290 g/mol. The molecule has 1 unspecified atom stereocenters. The van der Waals surface area contributed by atoms with Crippen molar-refractivity contribution < 1.29 is 14.4 Å². The summed E-state index contributed by atoms with van der Waals surface area (Å²) in [5, 5.41) is 15.9. The normalized spacial score (nSPS) is 18.6. The van der Waals surface area contributed by atoms with Gasteiger partial charge in [-0.1, -0.05) is 5.16 Å². The Balaban J connectivity index is 1.70. The average molecular weight is 307 g/mol. The maximum atomic E-state index is 8.78. The van der Waals surface area contributed by atoms with Crippen molar-refractivity contribution in [2.45, 2.75) is 6.10 Å². The third kappa shape index (κ3) is 3.55. The van der Waals surface area contributed by atoms with E-state index in [1.807, 2.05) is 36.0 Å². The molecule has 0 radical (unpaired) electrons. The highest BCUT2D eigenvalue weighted by molar-refractivity contribution is 7.99. The largest absolute Gasteiger partial charge is 0.395 e. The van der Waals surface area contributed by atoms with E-state index >= 15 is 0 Å². The highest BCUT2D eigenvalue weighted by Crippen LogP contribution is 2.27. The van der Waals surface area contributed by atoms with Gasteiger partial charge in [-0.25, -0.2) is 0 Å². The summed E-state index contributed by atoms with van der Waals surface area (Å²) in [6, 6.07) is 7.66. The standard InChI is InChI=1S/C14H17N3O3S/c18-6-5-15-11-3-1-10(2-4-11)14-16-13(17-20-14)12-9-21-8-7-19-12/h1-4,12,15,18H,5-9H2. The first kappa shape index (κ1) is 14.4. The lowest BCUT2D eigenvalue weighted by Gasteiger charge is -2.18. The summed E-state index contributed by atoms with van der Waals surface area (Å²) in [6.07, 6.45) is -0.0771. The lowest BCUT2D eigenvalue weighted by molar-refractivity contribution is 0.0677. The van der Waals surface area contributed by atoms with Crippen molar-refractivity contribution in [1.82, 2.24) is 10.1 Å². The van der Waals surface area contributed by atoms with Crippen LogP contribution in [-0.4, -0.2) is 46.5 Å².